The summed E-state index contributed by atoms with van der Waals surface area (Å²) in [6.07, 6.45) is 0.0598. The summed E-state index contributed by atoms with van der Waals surface area (Å²) < 4.78 is 23.6. The Balaban J connectivity index is 2.65. The van der Waals surface area contributed by atoms with Gasteiger partial charge in [0.05, 0.1) is 25.9 Å². The Hall–Kier alpha value is -3.25. The van der Waals surface area contributed by atoms with Crippen molar-refractivity contribution in [3.05, 3.63) is 52.3 Å². The molecule has 0 spiro atoms. The molecule has 0 aliphatic rings. The van der Waals surface area contributed by atoms with E-state index in [9.17, 15) is 20.0 Å². The standard InChI is InChI=1S/C17H13FN2O3/c1-22-15-4-3-12(18)5-10(15)6-13-11(8-19)7-16(23-2)17(21)14(13)9-20/h3-5,7,21H,6H2,1-2H3. The summed E-state index contributed by atoms with van der Waals surface area (Å²) in [4.78, 5) is 0. The number of methoxy groups -OCH3 is 2. The molecule has 0 fully saturated rings. The molecule has 0 aliphatic heterocycles. The summed E-state index contributed by atoms with van der Waals surface area (Å²) in [5.74, 6) is -0.350. The maximum atomic E-state index is 13.5. The number of aromatic hydroxyl groups is 1. The van der Waals surface area contributed by atoms with Crippen LogP contribution in [-0.4, -0.2) is 19.3 Å². The summed E-state index contributed by atoms with van der Waals surface area (Å²) in [6, 6.07) is 9.17. The van der Waals surface area contributed by atoms with E-state index in [2.05, 4.69) is 0 Å². The van der Waals surface area contributed by atoms with Gasteiger partial charge in [-0.05, 0) is 23.8 Å². The molecule has 0 atom stereocenters. The van der Waals surface area contributed by atoms with Crippen molar-refractivity contribution >= 4 is 0 Å². The highest BCUT2D eigenvalue weighted by molar-refractivity contribution is 5.63. The topological polar surface area (TPSA) is 86.3 Å². The monoisotopic (exact) mass is 312 g/mol. The minimum Gasteiger partial charge on any atom is -0.503 e. The molecule has 23 heavy (non-hydrogen) atoms. The van der Waals surface area contributed by atoms with Gasteiger partial charge in [0.2, 0.25) is 0 Å². The zero-order chi connectivity index (χ0) is 17.0. The minimum absolute atomic E-state index is 0.0352. The maximum Gasteiger partial charge on any atom is 0.176 e. The van der Waals surface area contributed by atoms with Crippen LogP contribution in [0.15, 0.2) is 24.3 Å². The fourth-order valence-corrected chi connectivity index (χ4v) is 2.32. The van der Waals surface area contributed by atoms with Crippen LogP contribution in [0, 0.1) is 28.5 Å². The van der Waals surface area contributed by atoms with Crippen molar-refractivity contribution in [2.24, 2.45) is 0 Å². The predicted octanol–water partition coefficient (Wildman–Crippen LogP) is 2.88. The fourth-order valence-electron chi connectivity index (χ4n) is 2.32. The number of phenolic OH excluding ortho intramolecular Hbond substituents is 1. The molecule has 0 aromatic heterocycles. The average molecular weight is 312 g/mol. The minimum atomic E-state index is -0.462. The number of hydrogen-bond donors (Lipinski definition) is 1. The van der Waals surface area contributed by atoms with Crippen molar-refractivity contribution in [1.29, 1.82) is 10.5 Å². The molecule has 116 valence electrons. The number of ether oxygens (including phenoxy) is 2. The highest BCUT2D eigenvalue weighted by Gasteiger charge is 2.20. The largest absolute Gasteiger partial charge is 0.503 e. The Bertz CT molecular complexity index is 835. The summed E-state index contributed by atoms with van der Waals surface area (Å²) in [6.45, 7) is 0. The van der Waals surface area contributed by atoms with Crippen LogP contribution in [0.5, 0.6) is 17.2 Å². The van der Waals surface area contributed by atoms with Gasteiger partial charge in [-0.25, -0.2) is 4.39 Å². The first-order valence-electron chi connectivity index (χ1n) is 6.61. The van der Waals surface area contributed by atoms with E-state index in [0.717, 1.165) is 0 Å². The van der Waals surface area contributed by atoms with Gasteiger partial charge in [-0.15, -0.1) is 0 Å². The molecule has 2 aromatic carbocycles. The maximum absolute atomic E-state index is 13.5. The molecule has 0 amide bonds. The van der Waals surface area contributed by atoms with Crippen molar-refractivity contribution in [3.8, 4) is 29.4 Å². The third kappa shape index (κ3) is 3.02. The van der Waals surface area contributed by atoms with Gasteiger partial charge < -0.3 is 14.6 Å². The van der Waals surface area contributed by atoms with Crippen molar-refractivity contribution in [3.63, 3.8) is 0 Å². The van der Waals surface area contributed by atoms with E-state index in [-0.39, 0.29) is 34.6 Å². The molecule has 5 nitrogen and oxygen atoms in total. The number of phenols is 1. The quantitative estimate of drug-likeness (QED) is 0.938. The molecule has 2 rings (SSSR count). The molecule has 2 aromatic rings. The lowest BCUT2D eigenvalue weighted by Crippen LogP contribution is -2.02. The smallest absolute Gasteiger partial charge is 0.176 e. The molecule has 0 saturated carbocycles. The summed E-state index contributed by atoms with van der Waals surface area (Å²) in [5, 5.41) is 28.7. The highest BCUT2D eigenvalue weighted by atomic mass is 19.1. The van der Waals surface area contributed by atoms with Gasteiger partial charge in [-0.2, -0.15) is 10.5 Å². The van der Waals surface area contributed by atoms with Gasteiger partial charge in [0.15, 0.2) is 11.5 Å². The van der Waals surface area contributed by atoms with Gasteiger partial charge in [0.25, 0.3) is 0 Å². The second kappa shape index (κ2) is 6.67. The number of nitrogens with zero attached hydrogens (tertiary/aromatic N) is 2. The molecule has 0 bridgehead atoms. The van der Waals surface area contributed by atoms with Crippen LogP contribution in [0.25, 0.3) is 0 Å². The lowest BCUT2D eigenvalue weighted by atomic mass is 9.94. The average Bonchev–Trinajstić information content (AvgIpc) is 2.55. The molecule has 1 N–H and O–H groups in total. The number of nitriles is 2. The molecule has 0 unspecified atom stereocenters. The van der Waals surface area contributed by atoms with E-state index in [1.807, 2.05) is 12.1 Å². The molecule has 6 heteroatoms. The third-order valence-electron chi connectivity index (χ3n) is 3.43. The van der Waals surface area contributed by atoms with Gasteiger partial charge in [0, 0.05) is 18.1 Å². The SMILES string of the molecule is COc1ccc(F)cc1Cc1c(C#N)cc(OC)c(O)c1C#N. The van der Waals surface area contributed by atoms with E-state index < -0.39 is 5.82 Å². The number of halogens is 1. The Morgan fingerprint density at radius 3 is 2.35 bits per heavy atom. The number of rotatable bonds is 4. The first-order chi connectivity index (χ1) is 11.0. The summed E-state index contributed by atoms with van der Waals surface area (Å²) in [5.41, 5.74) is 0.844. The molecule has 0 saturated heterocycles. The van der Waals surface area contributed by atoms with Crippen molar-refractivity contribution in [2.45, 2.75) is 6.42 Å². The van der Waals surface area contributed by atoms with Crippen molar-refractivity contribution < 1.29 is 19.0 Å². The lowest BCUT2D eigenvalue weighted by molar-refractivity contribution is 0.372. The van der Waals surface area contributed by atoms with E-state index in [4.69, 9.17) is 9.47 Å². The van der Waals surface area contributed by atoms with Gasteiger partial charge in [-0.3, -0.25) is 0 Å². The lowest BCUT2D eigenvalue weighted by Gasteiger charge is -2.14. The Kier molecular flexibility index (Phi) is 4.68. The Labute approximate surface area is 132 Å². The molecular formula is C17H13FN2O3. The van der Waals surface area contributed by atoms with Crippen LogP contribution in [0.4, 0.5) is 4.39 Å². The summed E-state index contributed by atoms with van der Waals surface area (Å²) in [7, 11) is 2.77. The van der Waals surface area contributed by atoms with Gasteiger partial charge in [-0.1, -0.05) is 0 Å². The molecule has 0 radical (unpaired) electrons. The van der Waals surface area contributed by atoms with E-state index in [1.165, 1.54) is 38.5 Å². The van der Waals surface area contributed by atoms with Crippen LogP contribution < -0.4 is 9.47 Å². The van der Waals surface area contributed by atoms with Crippen LogP contribution in [0.2, 0.25) is 0 Å². The zero-order valence-corrected chi connectivity index (χ0v) is 12.6. The third-order valence-corrected chi connectivity index (χ3v) is 3.43. The van der Waals surface area contributed by atoms with Gasteiger partial charge in [0.1, 0.15) is 23.2 Å². The van der Waals surface area contributed by atoms with E-state index in [0.29, 0.717) is 11.3 Å². The number of benzene rings is 2. The first-order valence-corrected chi connectivity index (χ1v) is 6.61. The zero-order valence-electron chi connectivity index (χ0n) is 12.6. The van der Waals surface area contributed by atoms with E-state index >= 15 is 0 Å². The van der Waals surface area contributed by atoms with Crippen molar-refractivity contribution in [2.75, 3.05) is 14.2 Å². The second-order valence-corrected chi connectivity index (χ2v) is 4.69. The predicted molar refractivity (Wildman–Crippen MR) is 79.8 cm³/mol. The van der Waals surface area contributed by atoms with Crippen LogP contribution in [0.1, 0.15) is 22.3 Å². The normalized spacial score (nSPS) is 9.78. The van der Waals surface area contributed by atoms with Crippen LogP contribution in [0.3, 0.4) is 0 Å². The second-order valence-electron chi connectivity index (χ2n) is 4.69. The van der Waals surface area contributed by atoms with E-state index in [1.54, 1.807) is 0 Å². The highest BCUT2D eigenvalue weighted by Crippen LogP contribution is 2.36. The molecule has 0 heterocycles. The molecular weight excluding hydrogens is 299 g/mol. The van der Waals surface area contributed by atoms with Crippen LogP contribution in [-0.2, 0) is 6.42 Å². The molecule has 0 aliphatic carbocycles. The van der Waals surface area contributed by atoms with Gasteiger partial charge >= 0.3 is 0 Å². The Morgan fingerprint density at radius 2 is 1.78 bits per heavy atom. The number of hydrogen-bond acceptors (Lipinski definition) is 5. The Morgan fingerprint density at radius 1 is 1.09 bits per heavy atom. The van der Waals surface area contributed by atoms with Crippen molar-refractivity contribution in [1.82, 2.24) is 0 Å². The summed E-state index contributed by atoms with van der Waals surface area (Å²) >= 11 is 0. The fraction of sp³-hybridized carbons (Fsp3) is 0.176. The first kappa shape index (κ1) is 16.1. The van der Waals surface area contributed by atoms with Crippen LogP contribution >= 0.6 is 0 Å².